The average molecular weight is 318 g/mol. The summed E-state index contributed by atoms with van der Waals surface area (Å²) in [5.74, 6) is 0.196. The largest absolute Gasteiger partial charge is 0.392 e. The zero-order chi connectivity index (χ0) is 16.9. The highest BCUT2D eigenvalue weighted by Crippen LogP contribution is 2.20. The van der Waals surface area contributed by atoms with Crippen molar-refractivity contribution in [2.24, 2.45) is 10.6 Å². The molecule has 0 aliphatic carbocycles. The molecule has 0 radical (unpaired) electrons. The maximum absolute atomic E-state index is 12.2. The number of aliphatic hydroxyl groups is 1. The van der Waals surface area contributed by atoms with E-state index < -0.39 is 0 Å². The van der Waals surface area contributed by atoms with Crippen molar-refractivity contribution >= 4 is 11.6 Å². The molecule has 0 spiro atoms. The Bertz CT molecular complexity index is 549. The van der Waals surface area contributed by atoms with Gasteiger partial charge in [0.15, 0.2) is 0 Å². The minimum Gasteiger partial charge on any atom is -0.392 e. The van der Waals surface area contributed by atoms with Gasteiger partial charge >= 0.3 is 0 Å². The molecular formula is C18H26N2O3. The lowest BCUT2D eigenvalue weighted by atomic mass is 9.93. The van der Waals surface area contributed by atoms with Crippen LogP contribution >= 0.6 is 0 Å². The van der Waals surface area contributed by atoms with E-state index in [9.17, 15) is 4.79 Å². The highest BCUT2D eigenvalue weighted by Gasteiger charge is 2.29. The second-order valence-electron chi connectivity index (χ2n) is 6.95. The monoisotopic (exact) mass is 318 g/mol. The molecule has 0 saturated carbocycles. The van der Waals surface area contributed by atoms with Crippen LogP contribution in [-0.2, 0) is 22.8 Å². The Morgan fingerprint density at radius 1 is 1.17 bits per heavy atom. The smallest absolute Gasteiger partial charge is 0.227 e. The van der Waals surface area contributed by atoms with Crippen LogP contribution in [0.25, 0.3) is 0 Å². The number of likely N-dealkylation sites (tertiary alicyclic amines) is 1. The first-order chi connectivity index (χ1) is 10.9. The third kappa shape index (κ3) is 5.06. The highest BCUT2D eigenvalue weighted by molar-refractivity contribution is 5.88. The predicted molar refractivity (Wildman–Crippen MR) is 89.9 cm³/mol. The van der Waals surface area contributed by atoms with E-state index in [1.54, 1.807) is 0 Å². The van der Waals surface area contributed by atoms with E-state index in [-0.39, 0.29) is 17.9 Å². The fourth-order valence-corrected chi connectivity index (χ4v) is 2.47. The van der Waals surface area contributed by atoms with Gasteiger partial charge in [-0.25, -0.2) is 0 Å². The van der Waals surface area contributed by atoms with Gasteiger partial charge in [0.2, 0.25) is 5.91 Å². The predicted octanol–water partition coefficient (Wildman–Crippen LogP) is 2.72. The van der Waals surface area contributed by atoms with Crippen molar-refractivity contribution in [2.75, 3.05) is 13.1 Å². The fourth-order valence-electron chi connectivity index (χ4n) is 2.47. The Kier molecular flexibility index (Phi) is 5.77. The van der Waals surface area contributed by atoms with Gasteiger partial charge in [-0.05, 0) is 11.1 Å². The van der Waals surface area contributed by atoms with Gasteiger partial charge < -0.3 is 14.8 Å². The van der Waals surface area contributed by atoms with Crippen molar-refractivity contribution in [3.05, 3.63) is 35.4 Å². The lowest BCUT2D eigenvalue weighted by Crippen LogP contribution is -2.44. The summed E-state index contributed by atoms with van der Waals surface area (Å²) in [5, 5.41) is 13.2. The molecule has 1 N–H and O–H groups in total. The molecular weight excluding hydrogens is 292 g/mol. The second-order valence-corrected chi connectivity index (χ2v) is 6.95. The van der Waals surface area contributed by atoms with E-state index >= 15 is 0 Å². The minimum absolute atomic E-state index is 0.0488. The molecule has 1 amide bonds. The summed E-state index contributed by atoms with van der Waals surface area (Å²) in [7, 11) is 0. The summed E-state index contributed by atoms with van der Waals surface area (Å²) in [5.41, 5.74) is 2.59. The number of hydrogen-bond donors (Lipinski definition) is 1. The quantitative estimate of drug-likeness (QED) is 0.868. The Morgan fingerprint density at radius 3 is 2.26 bits per heavy atom. The topological polar surface area (TPSA) is 62.1 Å². The number of benzene rings is 1. The van der Waals surface area contributed by atoms with Crippen LogP contribution in [0.3, 0.4) is 0 Å². The number of nitrogens with zero attached hydrogens (tertiary/aromatic N) is 2. The number of aliphatic hydroxyl groups excluding tert-OH is 1. The number of oxime groups is 1. The van der Waals surface area contributed by atoms with Crippen molar-refractivity contribution in [1.82, 2.24) is 4.90 Å². The molecule has 1 saturated heterocycles. The average Bonchev–Trinajstić information content (AvgIpc) is 2.54. The van der Waals surface area contributed by atoms with E-state index in [0.29, 0.717) is 19.7 Å². The van der Waals surface area contributed by atoms with Crippen LogP contribution in [0.15, 0.2) is 29.4 Å². The van der Waals surface area contributed by atoms with Crippen LogP contribution < -0.4 is 0 Å². The molecule has 126 valence electrons. The summed E-state index contributed by atoms with van der Waals surface area (Å²) in [4.78, 5) is 19.5. The Balaban J connectivity index is 1.78. The zero-order valence-electron chi connectivity index (χ0n) is 14.2. The number of carbonyl (C=O) groups is 1. The molecule has 0 atom stereocenters. The van der Waals surface area contributed by atoms with Crippen LogP contribution in [0.4, 0.5) is 0 Å². The first-order valence-corrected chi connectivity index (χ1v) is 8.06. The van der Waals surface area contributed by atoms with Crippen LogP contribution in [0.2, 0.25) is 0 Å². The van der Waals surface area contributed by atoms with E-state index in [1.807, 2.05) is 49.9 Å². The van der Waals surface area contributed by atoms with E-state index in [1.165, 1.54) is 0 Å². The summed E-state index contributed by atoms with van der Waals surface area (Å²) >= 11 is 0. The number of carbonyl (C=O) groups excluding carboxylic acids is 1. The number of hydrogen-bond acceptors (Lipinski definition) is 4. The van der Waals surface area contributed by atoms with E-state index in [4.69, 9.17) is 9.94 Å². The zero-order valence-corrected chi connectivity index (χ0v) is 14.2. The number of rotatable bonds is 4. The molecule has 5 nitrogen and oxygen atoms in total. The Morgan fingerprint density at radius 2 is 1.74 bits per heavy atom. The van der Waals surface area contributed by atoms with E-state index in [2.05, 4.69) is 5.16 Å². The molecule has 1 fully saturated rings. The lowest BCUT2D eigenvalue weighted by molar-refractivity contribution is -0.139. The molecule has 2 rings (SSSR count). The molecule has 1 heterocycles. The highest BCUT2D eigenvalue weighted by atomic mass is 16.6. The summed E-state index contributed by atoms with van der Waals surface area (Å²) in [6.45, 7) is 7.73. The van der Waals surface area contributed by atoms with Crippen molar-refractivity contribution in [3.63, 3.8) is 0 Å². The van der Waals surface area contributed by atoms with Crippen molar-refractivity contribution in [2.45, 2.75) is 46.8 Å². The third-order valence-corrected chi connectivity index (χ3v) is 3.90. The normalized spacial score (nSPS) is 15.5. The molecule has 0 bridgehead atoms. The van der Waals surface area contributed by atoms with Gasteiger partial charge in [0.1, 0.15) is 6.61 Å². The van der Waals surface area contributed by atoms with Gasteiger partial charge in [-0.1, -0.05) is 50.2 Å². The van der Waals surface area contributed by atoms with Gasteiger partial charge in [0, 0.05) is 31.3 Å². The van der Waals surface area contributed by atoms with Crippen molar-refractivity contribution in [1.29, 1.82) is 0 Å². The van der Waals surface area contributed by atoms with Crippen LogP contribution in [0.1, 0.15) is 44.7 Å². The van der Waals surface area contributed by atoms with Gasteiger partial charge in [0.25, 0.3) is 0 Å². The Hall–Kier alpha value is -1.88. The molecule has 5 heteroatoms. The van der Waals surface area contributed by atoms with E-state index in [0.717, 1.165) is 29.7 Å². The van der Waals surface area contributed by atoms with Gasteiger partial charge in [-0.2, -0.15) is 0 Å². The summed E-state index contributed by atoms with van der Waals surface area (Å²) in [6, 6.07) is 7.61. The fraction of sp³-hybridized carbons (Fsp3) is 0.556. The SMILES string of the molecule is CC(C)(C)C(=O)N1CCC(=NOCc2ccc(CO)cc2)CC1. The van der Waals surface area contributed by atoms with Gasteiger partial charge in [0.05, 0.1) is 12.3 Å². The van der Waals surface area contributed by atoms with Gasteiger partial charge in [-0.3, -0.25) is 4.79 Å². The molecule has 0 unspecified atom stereocenters. The molecule has 0 aromatic heterocycles. The third-order valence-electron chi connectivity index (χ3n) is 3.90. The molecule has 1 aromatic rings. The molecule has 1 aromatic carbocycles. The lowest BCUT2D eigenvalue weighted by Gasteiger charge is -2.32. The number of piperidine rings is 1. The van der Waals surface area contributed by atoms with Crippen molar-refractivity contribution in [3.8, 4) is 0 Å². The summed E-state index contributed by atoms with van der Waals surface area (Å²) < 4.78 is 0. The van der Waals surface area contributed by atoms with Crippen molar-refractivity contribution < 1.29 is 14.7 Å². The Labute approximate surface area is 137 Å². The molecule has 1 aliphatic rings. The number of amides is 1. The standard InChI is InChI=1S/C18H26N2O3/c1-18(2,3)17(22)20-10-8-16(9-11-20)19-23-13-15-6-4-14(12-21)5-7-15/h4-7,21H,8-13H2,1-3H3. The minimum atomic E-state index is -0.328. The van der Waals surface area contributed by atoms with Crippen LogP contribution in [0, 0.1) is 5.41 Å². The maximum atomic E-state index is 12.2. The van der Waals surface area contributed by atoms with Gasteiger partial charge in [-0.15, -0.1) is 0 Å². The second kappa shape index (κ2) is 7.59. The maximum Gasteiger partial charge on any atom is 0.227 e. The van der Waals surface area contributed by atoms with Crippen LogP contribution in [-0.4, -0.2) is 34.7 Å². The first-order valence-electron chi connectivity index (χ1n) is 8.06. The first kappa shape index (κ1) is 17.5. The molecule has 1 aliphatic heterocycles. The van der Waals surface area contributed by atoms with Crippen LogP contribution in [0.5, 0.6) is 0 Å². The summed E-state index contributed by atoms with van der Waals surface area (Å²) in [6.07, 6.45) is 1.54. The molecule has 23 heavy (non-hydrogen) atoms.